The highest BCUT2D eigenvalue weighted by atomic mass is 79.9. The van der Waals surface area contributed by atoms with Crippen LogP contribution < -0.4 is 5.32 Å². The maximum Gasteiger partial charge on any atom is 0.271 e. The predicted octanol–water partition coefficient (Wildman–Crippen LogP) is 3.77. The van der Waals surface area contributed by atoms with Crippen LogP contribution in [0, 0.1) is 6.92 Å². The summed E-state index contributed by atoms with van der Waals surface area (Å²) in [6, 6.07) is 12.0. The Morgan fingerprint density at radius 1 is 1.25 bits per heavy atom. The van der Waals surface area contributed by atoms with E-state index in [1.807, 2.05) is 61.1 Å². The van der Waals surface area contributed by atoms with Crippen molar-refractivity contribution in [2.75, 3.05) is 0 Å². The number of benzene rings is 1. The number of carbonyl (C=O) groups is 1. The van der Waals surface area contributed by atoms with Crippen molar-refractivity contribution in [2.45, 2.75) is 19.9 Å². The Bertz CT molecular complexity index is 867. The Labute approximate surface area is 149 Å². The summed E-state index contributed by atoms with van der Waals surface area (Å²) in [7, 11) is 1.77. The van der Waals surface area contributed by atoms with Crippen LogP contribution in [0.5, 0.6) is 0 Å². The standard InChI is InChI=1S/C18H19BrN4O/c1-12(20-18(24)17-16(19)13(2)21-22(17)3)14-7-6-8-15(11-14)23-9-4-5-10-23/h4-12H,1-3H3,(H,20,24). The quantitative estimate of drug-likeness (QED) is 0.741. The van der Waals surface area contributed by atoms with Gasteiger partial charge in [0.2, 0.25) is 0 Å². The predicted molar refractivity (Wildman–Crippen MR) is 97.3 cm³/mol. The van der Waals surface area contributed by atoms with E-state index >= 15 is 0 Å². The number of nitrogens with zero attached hydrogens (tertiary/aromatic N) is 3. The Balaban J connectivity index is 1.81. The molecule has 0 aliphatic carbocycles. The van der Waals surface area contributed by atoms with Gasteiger partial charge >= 0.3 is 0 Å². The van der Waals surface area contributed by atoms with E-state index in [9.17, 15) is 4.79 Å². The summed E-state index contributed by atoms with van der Waals surface area (Å²) >= 11 is 3.44. The van der Waals surface area contributed by atoms with Crippen molar-refractivity contribution >= 4 is 21.8 Å². The third-order valence-corrected chi connectivity index (χ3v) is 4.93. The first-order valence-corrected chi connectivity index (χ1v) is 8.50. The third kappa shape index (κ3) is 3.14. The van der Waals surface area contributed by atoms with Crippen molar-refractivity contribution in [2.24, 2.45) is 7.05 Å². The maximum atomic E-state index is 12.6. The Kier molecular flexibility index (Phi) is 4.57. The molecular formula is C18H19BrN4O. The molecule has 0 spiro atoms. The molecule has 0 aliphatic heterocycles. The topological polar surface area (TPSA) is 51.9 Å². The number of rotatable bonds is 4. The van der Waals surface area contributed by atoms with Crippen LogP contribution in [0.3, 0.4) is 0 Å². The van der Waals surface area contributed by atoms with E-state index < -0.39 is 0 Å². The molecule has 1 aromatic carbocycles. The Morgan fingerprint density at radius 3 is 2.58 bits per heavy atom. The van der Waals surface area contributed by atoms with Gasteiger partial charge in [0.15, 0.2) is 0 Å². The van der Waals surface area contributed by atoms with Gasteiger partial charge in [-0.3, -0.25) is 9.48 Å². The van der Waals surface area contributed by atoms with Crippen molar-refractivity contribution in [3.8, 4) is 5.69 Å². The fourth-order valence-corrected chi connectivity index (χ4v) is 3.20. The Hall–Kier alpha value is -2.34. The first-order chi connectivity index (χ1) is 11.5. The summed E-state index contributed by atoms with van der Waals surface area (Å²) in [5, 5.41) is 7.31. The SMILES string of the molecule is Cc1nn(C)c(C(=O)NC(C)c2cccc(-n3cccc3)c2)c1Br. The largest absolute Gasteiger partial charge is 0.344 e. The molecule has 0 fully saturated rings. The number of hydrogen-bond donors (Lipinski definition) is 1. The van der Waals surface area contributed by atoms with Crippen LogP contribution in [-0.2, 0) is 7.05 Å². The zero-order chi connectivity index (χ0) is 17.3. The molecule has 24 heavy (non-hydrogen) atoms. The zero-order valence-electron chi connectivity index (χ0n) is 13.8. The zero-order valence-corrected chi connectivity index (χ0v) is 15.4. The summed E-state index contributed by atoms with van der Waals surface area (Å²) in [4.78, 5) is 12.6. The Morgan fingerprint density at radius 2 is 1.96 bits per heavy atom. The minimum absolute atomic E-state index is 0.116. The van der Waals surface area contributed by atoms with E-state index in [1.54, 1.807) is 11.7 Å². The van der Waals surface area contributed by atoms with Crippen LogP contribution in [0.2, 0.25) is 0 Å². The van der Waals surface area contributed by atoms with E-state index in [0.717, 1.165) is 21.4 Å². The van der Waals surface area contributed by atoms with Gasteiger partial charge in [-0.05, 0) is 59.6 Å². The van der Waals surface area contributed by atoms with Crippen molar-refractivity contribution in [3.63, 3.8) is 0 Å². The molecule has 2 heterocycles. The second-order valence-corrected chi connectivity index (χ2v) is 6.55. The summed E-state index contributed by atoms with van der Waals surface area (Å²) in [6.45, 7) is 3.84. The van der Waals surface area contributed by atoms with Crippen LogP contribution in [0.15, 0.2) is 53.3 Å². The summed E-state index contributed by atoms with van der Waals surface area (Å²) in [6.07, 6.45) is 4.00. The fourth-order valence-electron chi connectivity index (χ4n) is 2.69. The maximum absolute atomic E-state index is 12.6. The molecule has 0 aliphatic rings. The minimum atomic E-state index is -0.149. The van der Waals surface area contributed by atoms with Gasteiger partial charge in [0.05, 0.1) is 16.2 Å². The van der Waals surface area contributed by atoms with Crippen LogP contribution in [0.1, 0.15) is 34.7 Å². The van der Waals surface area contributed by atoms with E-state index in [2.05, 4.69) is 32.4 Å². The van der Waals surface area contributed by atoms with Crippen LogP contribution in [0.25, 0.3) is 5.69 Å². The van der Waals surface area contributed by atoms with Gasteiger partial charge in [-0.1, -0.05) is 12.1 Å². The van der Waals surface area contributed by atoms with E-state index in [-0.39, 0.29) is 11.9 Å². The van der Waals surface area contributed by atoms with Crippen molar-refractivity contribution in [1.82, 2.24) is 19.7 Å². The summed E-state index contributed by atoms with van der Waals surface area (Å²) in [5.41, 5.74) is 3.44. The molecule has 1 N–H and O–H groups in total. The molecule has 0 saturated carbocycles. The average Bonchev–Trinajstić information content (AvgIpc) is 3.16. The van der Waals surface area contributed by atoms with E-state index in [0.29, 0.717) is 5.69 Å². The molecule has 3 aromatic rings. The smallest absolute Gasteiger partial charge is 0.271 e. The van der Waals surface area contributed by atoms with Gasteiger partial charge in [-0.15, -0.1) is 0 Å². The molecule has 0 bridgehead atoms. The third-order valence-electron chi connectivity index (χ3n) is 3.98. The normalized spacial score (nSPS) is 12.2. The number of hydrogen-bond acceptors (Lipinski definition) is 2. The molecule has 1 atom stereocenters. The molecule has 6 heteroatoms. The van der Waals surface area contributed by atoms with Crippen LogP contribution >= 0.6 is 15.9 Å². The van der Waals surface area contributed by atoms with E-state index in [1.165, 1.54) is 0 Å². The first kappa shape index (κ1) is 16.5. The molecule has 1 unspecified atom stereocenters. The van der Waals surface area contributed by atoms with Gasteiger partial charge in [0.25, 0.3) is 5.91 Å². The minimum Gasteiger partial charge on any atom is -0.344 e. The van der Waals surface area contributed by atoms with Gasteiger partial charge < -0.3 is 9.88 Å². The number of nitrogens with one attached hydrogen (secondary N) is 1. The van der Waals surface area contributed by atoms with Crippen molar-refractivity contribution in [1.29, 1.82) is 0 Å². The molecule has 124 valence electrons. The highest BCUT2D eigenvalue weighted by Gasteiger charge is 2.20. The molecule has 0 radical (unpaired) electrons. The highest BCUT2D eigenvalue weighted by molar-refractivity contribution is 9.10. The average molecular weight is 387 g/mol. The van der Waals surface area contributed by atoms with Crippen LogP contribution in [-0.4, -0.2) is 20.3 Å². The first-order valence-electron chi connectivity index (χ1n) is 7.70. The molecule has 1 amide bonds. The number of aromatic nitrogens is 3. The lowest BCUT2D eigenvalue weighted by atomic mass is 10.1. The molecule has 0 saturated heterocycles. The van der Waals surface area contributed by atoms with Crippen molar-refractivity contribution < 1.29 is 4.79 Å². The van der Waals surface area contributed by atoms with Gasteiger partial charge in [0, 0.05) is 25.1 Å². The number of aryl methyl sites for hydroxylation is 2. The second kappa shape index (κ2) is 6.65. The fraction of sp³-hybridized carbons (Fsp3) is 0.222. The molecule has 2 aromatic heterocycles. The van der Waals surface area contributed by atoms with Crippen LogP contribution in [0.4, 0.5) is 0 Å². The lowest BCUT2D eigenvalue weighted by Gasteiger charge is -2.16. The molecule has 5 nitrogen and oxygen atoms in total. The second-order valence-electron chi connectivity index (χ2n) is 5.75. The van der Waals surface area contributed by atoms with Gasteiger partial charge in [0.1, 0.15) is 5.69 Å². The molecule has 3 rings (SSSR count). The number of amides is 1. The molecular weight excluding hydrogens is 368 g/mol. The highest BCUT2D eigenvalue weighted by Crippen LogP contribution is 2.22. The van der Waals surface area contributed by atoms with Gasteiger partial charge in [-0.25, -0.2) is 0 Å². The number of halogens is 1. The summed E-state index contributed by atoms with van der Waals surface area (Å²) < 4.78 is 4.37. The van der Waals surface area contributed by atoms with Gasteiger partial charge in [-0.2, -0.15) is 5.10 Å². The monoisotopic (exact) mass is 386 g/mol. The van der Waals surface area contributed by atoms with Crippen molar-refractivity contribution in [3.05, 3.63) is 70.2 Å². The lowest BCUT2D eigenvalue weighted by Crippen LogP contribution is -2.28. The number of carbonyl (C=O) groups excluding carboxylic acids is 1. The summed E-state index contributed by atoms with van der Waals surface area (Å²) in [5.74, 6) is -0.149. The lowest BCUT2D eigenvalue weighted by molar-refractivity contribution is 0.0929. The van der Waals surface area contributed by atoms with E-state index in [4.69, 9.17) is 0 Å².